The average Bonchev–Trinajstić information content (AvgIpc) is 2.49. The van der Waals surface area contributed by atoms with Gasteiger partial charge in [0.05, 0.1) is 0 Å². The van der Waals surface area contributed by atoms with Crippen LogP contribution in [0.5, 0.6) is 0 Å². The molecule has 1 aromatic heterocycles. The molecule has 1 aromatic rings. The molecular weight excluding hydrogens is 182 g/mol. The summed E-state index contributed by atoms with van der Waals surface area (Å²) in [6, 6.07) is 3.75. The molecule has 0 aliphatic heterocycles. The highest BCUT2D eigenvalue weighted by molar-refractivity contribution is 5.64. The van der Waals surface area contributed by atoms with E-state index in [1.165, 1.54) is 0 Å². The third-order valence-electron chi connectivity index (χ3n) is 2.09. The predicted octanol–water partition coefficient (Wildman–Crippen LogP) is 2.13. The van der Waals surface area contributed by atoms with Crippen molar-refractivity contribution in [2.45, 2.75) is 26.2 Å². The van der Waals surface area contributed by atoms with Crippen LogP contribution in [-0.2, 0) is 5.41 Å². The van der Waals surface area contributed by atoms with Crippen LogP contribution >= 0.6 is 0 Å². The molecule has 0 fully saturated rings. The largest absolute Gasteiger partial charge is 0.466 e. The summed E-state index contributed by atoms with van der Waals surface area (Å²) >= 11 is 0. The molecule has 0 bridgehead atoms. The van der Waals surface area contributed by atoms with E-state index in [4.69, 9.17) is 9.52 Å². The van der Waals surface area contributed by atoms with Crippen molar-refractivity contribution in [3.63, 3.8) is 0 Å². The molecule has 4 heteroatoms. The van der Waals surface area contributed by atoms with Crippen molar-refractivity contribution in [3.8, 4) is 0 Å². The van der Waals surface area contributed by atoms with Gasteiger partial charge in [-0.1, -0.05) is 13.8 Å². The summed E-state index contributed by atoms with van der Waals surface area (Å²) < 4.78 is 5.45. The van der Waals surface area contributed by atoms with E-state index in [1.807, 2.05) is 32.9 Å². The van der Waals surface area contributed by atoms with Crippen molar-refractivity contribution in [1.82, 2.24) is 5.32 Å². The molecule has 1 rings (SSSR count). The zero-order chi connectivity index (χ0) is 10.8. The summed E-state index contributed by atoms with van der Waals surface area (Å²) in [5, 5.41) is 10.8. The molecule has 1 amide bonds. The van der Waals surface area contributed by atoms with Crippen LogP contribution in [0.25, 0.3) is 0 Å². The molecule has 0 aromatic carbocycles. The van der Waals surface area contributed by atoms with Gasteiger partial charge in [0.1, 0.15) is 11.5 Å². The molecular formula is C10H15NO3. The summed E-state index contributed by atoms with van der Waals surface area (Å²) in [6.07, 6.45) is -1.01. The predicted molar refractivity (Wildman–Crippen MR) is 52.5 cm³/mol. The molecule has 0 saturated heterocycles. The molecule has 0 aliphatic carbocycles. The smallest absolute Gasteiger partial charge is 0.404 e. The normalized spacial score (nSPS) is 11.4. The van der Waals surface area contributed by atoms with E-state index in [9.17, 15) is 4.79 Å². The van der Waals surface area contributed by atoms with E-state index >= 15 is 0 Å². The zero-order valence-electron chi connectivity index (χ0n) is 8.63. The first-order chi connectivity index (χ1) is 6.42. The van der Waals surface area contributed by atoms with Gasteiger partial charge in [-0.3, -0.25) is 0 Å². The van der Waals surface area contributed by atoms with Crippen LogP contribution in [0, 0.1) is 6.92 Å². The average molecular weight is 197 g/mol. The highest BCUT2D eigenvalue weighted by Gasteiger charge is 2.24. The van der Waals surface area contributed by atoms with Gasteiger partial charge in [0.25, 0.3) is 0 Å². The molecule has 0 aliphatic rings. The third-order valence-corrected chi connectivity index (χ3v) is 2.09. The lowest BCUT2D eigenvalue weighted by molar-refractivity contribution is 0.190. The first kappa shape index (κ1) is 10.6. The Bertz CT molecular complexity index is 328. The molecule has 0 spiro atoms. The van der Waals surface area contributed by atoms with Crippen LogP contribution in [0.3, 0.4) is 0 Å². The van der Waals surface area contributed by atoms with E-state index in [2.05, 4.69) is 5.32 Å². The van der Waals surface area contributed by atoms with Gasteiger partial charge < -0.3 is 14.8 Å². The van der Waals surface area contributed by atoms with E-state index in [0.29, 0.717) is 6.54 Å². The molecule has 78 valence electrons. The van der Waals surface area contributed by atoms with Crippen molar-refractivity contribution >= 4 is 6.09 Å². The number of furan rings is 1. The first-order valence-corrected chi connectivity index (χ1v) is 4.45. The SMILES string of the molecule is Cc1ccc(C(C)(C)CNC(=O)O)o1. The Morgan fingerprint density at radius 3 is 2.64 bits per heavy atom. The van der Waals surface area contributed by atoms with Crippen molar-refractivity contribution in [3.05, 3.63) is 23.7 Å². The van der Waals surface area contributed by atoms with Gasteiger partial charge in [-0.2, -0.15) is 0 Å². The maximum absolute atomic E-state index is 10.3. The second-order valence-corrected chi connectivity index (χ2v) is 3.95. The maximum Gasteiger partial charge on any atom is 0.404 e. The number of carbonyl (C=O) groups is 1. The van der Waals surface area contributed by atoms with Gasteiger partial charge >= 0.3 is 6.09 Å². The molecule has 4 nitrogen and oxygen atoms in total. The molecule has 1 heterocycles. The number of hydrogen-bond acceptors (Lipinski definition) is 2. The van der Waals surface area contributed by atoms with Gasteiger partial charge in [0.15, 0.2) is 0 Å². The number of nitrogens with one attached hydrogen (secondary N) is 1. The topological polar surface area (TPSA) is 62.5 Å². The Kier molecular flexibility index (Phi) is 2.84. The minimum Gasteiger partial charge on any atom is -0.466 e. The molecule has 14 heavy (non-hydrogen) atoms. The Hall–Kier alpha value is -1.45. The molecule has 0 saturated carbocycles. The monoisotopic (exact) mass is 197 g/mol. The Morgan fingerprint density at radius 2 is 2.21 bits per heavy atom. The summed E-state index contributed by atoms with van der Waals surface area (Å²) in [5.41, 5.74) is -0.313. The van der Waals surface area contributed by atoms with Crippen LogP contribution in [0.15, 0.2) is 16.5 Å². The highest BCUT2D eigenvalue weighted by Crippen LogP contribution is 2.24. The van der Waals surface area contributed by atoms with Gasteiger partial charge in [-0.05, 0) is 19.1 Å². The van der Waals surface area contributed by atoms with Crippen LogP contribution in [0.1, 0.15) is 25.4 Å². The quantitative estimate of drug-likeness (QED) is 0.780. The summed E-state index contributed by atoms with van der Waals surface area (Å²) in [5.74, 6) is 1.63. The molecule has 2 N–H and O–H groups in total. The van der Waals surface area contributed by atoms with Crippen LogP contribution < -0.4 is 5.32 Å². The van der Waals surface area contributed by atoms with Gasteiger partial charge in [0, 0.05) is 12.0 Å². The zero-order valence-corrected chi connectivity index (χ0v) is 8.63. The van der Waals surface area contributed by atoms with Crippen molar-refractivity contribution < 1.29 is 14.3 Å². The fourth-order valence-electron chi connectivity index (χ4n) is 1.18. The van der Waals surface area contributed by atoms with E-state index in [0.717, 1.165) is 11.5 Å². The molecule has 0 radical (unpaired) electrons. The van der Waals surface area contributed by atoms with Crippen LogP contribution in [0.2, 0.25) is 0 Å². The Morgan fingerprint density at radius 1 is 1.57 bits per heavy atom. The number of aryl methyl sites for hydroxylation is 1. The van der Waals surface area contributed by atoms with Crippen molar-refractivity contribution in [1.29, 1.82) is 0 Å². The van der Waals surface area contributed by atoms with E-state index in [-0.39, 0.29) is 5.41 Å². The number of carboxylic acid groups (broad SMARTS) is 1. The second-order valence-electron chi connectivity index (χ2n) is 3.95. The van der Waals surface area contributed by atoms with Gasteiger partial charge in [0.2, 0.25) is 0 Å². The fourth-order valence-corrected chi connectivity index (χ4v) is 1.18. The molecule has 0 unspecified atom stereocenters. The van der Waals surface area contributed by atoms with E-state index in [1.54, 1.807) is 0 Å². The number of rotatable bonds is 3. The van der Waals surface area contributed by atoms with Crippen molar-refractivity contribution in [2.75, 3.05) is 6.54 Å². The first-order valence-electron chi connectivity index (χ1n) is 4.45. The summed E-state index contributed by atoms with van der Waals surface area (Å²) in [7, 11) is 0. The standard InChI is InChI=1S/C10H15NO3/c1-7-4-5-8(14-7)10(2,3)6-11-9(12)13/h4-5,11H,6H2,1-3H3,(H,12,13). The van der Waals surface area contributed by atoms with Gasteiger partial charge in [-0.25, -0.2) is 4.79 Å². The molecule has 0 atom stereocenters. The van der Waals surface area contributed by atoms with Gasteiger partial charge in [-0.15, -0.1) is 0 Å². The Labute approximate surface area is 82.9 Å². The number of amides is 1. The minimum absolute atomic E-state index is 0.313. The lowest BCUT2D eigenvalue weighted by Crippen LogP contribution is -2.35. The highest BCUT2D eigenvalue weighted by atomic mass is 16.4. The lowest BCUT2D eigenvalue weighted by Gasteiger charge is -2.21. The Balaban J connectivity index is 2.69. The lowest BCUT2D eigenvalue weighted by atomic mass is 9.90. The van der Waals surface area contributed by atoms with Crippen molar-refractivity contribution in [2.24, 2.45) is 0 Å². The van der Waals surface area contributed by atoms with E-state index < -0.39 is 6.09 Å². The van der Waals surface area contributed by atoms with Crippen LogP contribution in [-0.4, -0.2) is 17.7 Å². The summed E-state index contributed by atoms with van der Waals surface area (Å²) in [6.45, 7) is 6.07. The maximum atomic E-state index is 10.3. The number of hydrogen-bond donors (Lipinski definition) is 2. The summed E-state index contributed by atoms with van der Waals surface area (Å²) in [4.78, 5) is 10.3. The second kappa shape index (κ2) is 3.74. The minimum atomic E-state index is -1.01. The van der Waals surface area contributed by atoms with Crippen LogP contribution in [0.4, 0.5) is 4.79 Å². The third kappa shape index (κ3) is 2.52. The fraction of sp³-hybridized carbons (Fsp3) is 0.500.